The van der Waals surface area contributed by atoms with Crippen molar-refractivity contribution in [2.24, 2.45) is 0 Å². The van der Waals surface area contributed by atoms with Crippen molar-refractivity contribution in [3.63, 3.8) is 0 Å². The summed E-state index contributed by atoms with van der Waals surface area (Å²) in [5.74, 6) is 0.0406. The minimum atomic E-state index is 0.0406. The van der Waals surface area contributed by atoms with Gasteiger partial charge in [0.1, 0.15) is 0 Å². The maximum Gasteiger partial charge on any atom is 0.178 e. The Hall–Kier alpha value is -0.610. The minimum absolute atomic E-state index is 0.0406. The first-order chi connectivity index (χ1) is 9.43. The Morgan fingerprint density at radius 1 is 1.15 bits per heavy atom. The molecule has 0 spiro atoms. The Kier molecular flexibility index (Phi) is 7.52. The van der Waals surface area contributed by atoms with Crippen molar-refractivity contribution >= 4 is 29.0 Å². The van der Waals surface area contributed by atoms with E-state index < -0.39 is 0 Å². The van der Waals surface area contributed by atoms with E-state index in [1.165, 1.54) is 0 Å². The lowest BCUT2D eigenvalue weighted by atomic mass is 10.1. The van der Waals surface area contributed by atoms with Crippen molar-refractivity contribution in [3.05, 3.63) is 33.8 Å². The van der Waals surface area contributed by atoms with Crippen LogP contribution in [-0.2, 0) is 0 Å². The molecule has 0 unspecified atom stereocenters. The van der Waals surface area contributed by atoms with Crippen LogP contribution >= 0.6 is 23.2 Å². The van der Waals surface area contributed by atoms with Crippen LogP contribution in [-0.4, -0.2) is 55.9 Å². The number of benzene rings is 1. The molecule has 0 fully saturated rings. The van der Waals surface area contributed by atoms with E-state index in [0.717, 1.165) is 26.1 Å². The van der Waals surface area contributed by atoms with Gasteiger partial charge in [-0.15, -0.1) is 0 Å². The molecule has 0 saturated carbocycles. The summed E-state index contributed by atoms with van der Waals surface area (Å²) >= 11 is 11.9. The molecule has 0 aliphatic rings. The number of hydrogen-bond acceptors (Lipinski definition) is 3. The Morgan fingerprint density at radius 2 is 1.85 bits per heavy atom. The summed E-state index contributed by atoms with van der Waals surface area (Å²) in [5.41, 5.74) is 0.544. The summed E-state index contributed by atoms with van der Waals surface area (Å²) in [6.07, 6.45) is 1.02. The predicted octanol–water partition coefficient (Wildman–Crippen LogP) is 3.45. The third-order valence-corrected chi connectivity index (χ3v) is 3.55. The molecule has 0 N–H and O–H groups in total. The average Bonchev–Trinajstić information content (AvgIpc) is 2.35. The van der Waals surface area contributed by atoms with E-state index in [2.05, 4.69) is 16.7 Å². The molecule has 1 aromatic rings. The second-order valence-corrected chi connectivity index (χ2v) is 5.97. The maximum atomic E-state index is 12.3. The van der Waals surface area contributed by atoms with Crippen molar-refractivity contribution in [3.8, 4) is 0 Å². The zero-order valence-electron chi connectivity index (χ0n) is 12.3. The van der Waals surface area contributed by atoms with Gasteiger partial charge in [0, 0.05) is 23.7 Å². The highest BCUT2D eigenvalue weighted by molar-refractivity contribution is 6.36. The van der Waals surface area contributed by atoms with Crippen LogP contribution in [0, 0.1) is 0 Å². The summed E-state index contributed by atoms with van der Waals surface area (Å²) in [6.45, 7) is 5.22. The van der Waals surface area contributed by atoms with Gasteiger partial charge in [0.05, 0.1) is 11.6 Å². The molecule has 0 aromatic heterocycles. The molecule has 1 rings (SSSR count). The Balaban J connectivity index is 2.69. The molecule has 0 aliphatic carbocycles. The molecule has 0 atom stereocenters. The molecular weight excluding hydrogens is 295 g/mol. The highest BCUT2D eigenvalue weighted by atomic mass is 35.5. The Bertz CT molecular complexity index is 449. The van der Waals surface area contributed by atoms with Gasteiger partial charge in [-0.3, -0.25) is 9.69 Å². The molecule has 112 valence electrons. The lowest BCUT2D eigenvalue weighted by molar-refractivity contribution is 0.0925. The molecule has 20 heavy (non-hydrogen) atoms. The average molecular weight is 317 g/mol. The second-order valence-electron chi connectivity index (χ2n) is 5.13. The van der Waals surface area contributed by atoms with Gasteiger partial charge in [-0.1, -0.05) is 30.1 Å². The second kappa shape index (κ2) is 8.63. The van der Waals surface area contributed by atoms with Gasteiger partial charge >= 0.3 is 0 Å². The largest absolute Gasteiger partial charge is 0.308 e. The first-order valence-corrected chi connectivity index (χ1v) is 7.55. The topological polar surface area (TPSA) is 23.6 Å². The number of carbonyl (C=O) groups excluding carboxylic acids is 1. The normalized spacial score (nSPS) is 11.3. The molecule has 0 bridgehead atoms. The van der Waals surface area contributed by atoms with Crippen LogP contribution in [0.4, 0.5) is 0 Å². The van der Waals surface area contributed by atoms with Crippen molar-refractivity contribution in [2.45, 2.75) is 13.3 Å². The standard InChI is InChI=1S/C15H22Cl2N2O/c1-4-7-19(9-8-18(2)3)11-15(20)13-6-5-12(16)10-14(13)17/h5-6,10H,4,7-9,11H2,1-3H3. The molecule has 0 heterocycles. The van der Waals surface area contributed by atoms with E-state index in [0.29, 0.717) is 22.2 Å². The number of carbonyl (C=O) groups is 1. The highest BCUT2D eigenvalue weighted by Crippen LogP contribution is 2.21. The fraction of sp³-hybridized carbons (Fsp3) is 0.533. The number of ketones is 1. The fourth-order valence-corrected chi connectivity index (χ4v) is 2.45. The third kappa shape index (κ3) is 5.80. The van der Waals surface area contributed by atoms with E-state index in [-0.39, 0.29) is 5.78 Å². The quantitative estimate of drug-likeness (QED) is 0.686. The summed E-state index contributed by atoms with van der Waals surface area (Å²) in [7, 11) is 4.06. The minimum Gasteiger partial charge on any atom is -0.308 e. The monoisotopic (exact) mass is 316 g/mol. The van der Waals surface area contributed by atoms with Crippen molar-refractivity contribution < 1.29 is 4.79 Å². The molecule has 0 radical (unpaired) electrons. The molecular formula is C15H22Cl2N2O. The van der Waals surface area contributed by atoms with Crippen molar-refractivity contribution in [1.82, 2.24) is 9.80 Å². The third-order valence-electron chi connectivity index (χ3n) is 3.00. The van der Waals surface area contributed by atoms with Gasteiger partial charge < -0.3 is 4.90 Å². The van der Waals surface area contributed by atoms with Gasteiger partial charge in [-0.25, -0.2) is 0 Å². The summed E-state index contributed by atoms with van der Waals surface area (Å²) < 4.78 is 0. The van der Waals surface area contributed by atoms with Crippen LogP contribution in [0.1, 0.15) is 23.7 Å². The van der Waals surface area contributed by atoms with Gasteiger partial charge in [0.15, 0.2) is 5.78 Å². The van der Waals surface area contributed by atoms with Crippen molar-refractivity contribution in [2.75, 3.05) is 40.3 Å². The first kappa shape index (κ1) is 17.4. The van der Waals surface area contributed by atoms with Crippen LogP contribution < -0.4 is 0 Å². The van der Waals surface area contributed by atoms with E-state index >= 15 is 0 Å². The van der Waals surface area contributed by atoms with Gasteiger partial charge in [-0.2, -0.15) is 0 Å². The molecule has 1 aromatic carbocycles. The number of likely N-dealkylation sites (N-methyl/N-ethyl adjacent to an activating group) is 1. The van der Waals surface area contributed by atoms with E-state index in [1.807, 2.05) is 14.1 Å². The Labute approximate surface area is 131 Å². The number of halogens is 2. The van der Waals surface area contributed by atoms with Crippen LogP contribution in [0.5, 0.6) is 0 Å². The molecule has 0 aliphatic heterocycles. The van der Waals surface area contributed by atoms with Crippen LogP contribution in [0.25, 0.3) is 0 Å². The van der Waals surface area contributed by atoms with Crippen LogP contribution in [0.2, 0.25) is 10.0 Å². The van der Waals surface area contributed by atoms with Gasteiger partial charge in [0.2, 0.25) is 0 Å². The number of nitrogens with zero attached hydrogens (tertiary/aromatic N) is 2. The van der Waals surface area contributed by atoms with Crippen LogP contribution in [0.15, 0.2) is 18.2 Å². The number of hydrogen-bond donors (Lipinski definition) is 0. The van der Waals surface area contributed by atoms with E-state index in [9.17, 15) is 4.79 Å². The predicted molar refractivity (Wildman–Crippen MR) is 86.1 cm³/mol. The Morgan fingerprint density at radius 3 is 2.40 bits per heavy atom. The smallest absolute Gasteiger partial charge is 0.178 e. The molecule has 5 heteroatoms. The summed E-state index contributed by atoms with van der Waals surface area (Å²) in [6, 6.07) is 5.01. The molecule has 0 saturated heterocycles. The lowest BCUT2D eigenvalue weighted by Crippen LogP contribution is -2.36. The zero-order chi connectivity index (χ0) is 15.1. The number of rotatable bonds is 8. The van der Waals surface area contributed by atoms with E-state index in [4.69, 9.17) is 23.2 Å². The lowest BCUT2D eigenvalue weighted by Gasteiger charge is -2.23. The summed E-state index contributed by atoms with van der Waals surface area (Å²) in [5, 5.41) is 0.969. The SMILES string of the molecule is CCCN(CCN(C)C)CC(=O)c1ccc(Cl)cc1Cl. The maximum absolute atomic E-state index is 12.3. The molecule has 3 nitrogen and oxygen atoms in total. The number of Topliss-reactive ketones (excluding diaryl/α,β-unsaturated/α-hetero) is 1. The summed E-state index contributed by atoms with van der Waals surface area (Å²) in [4.78, 5) is 16.6. The highest BCUT2D eigenvalue weighted by Gasteiger charge is 2.15. The van der Waals surface area contributed by atoms with Gasteiger partial charge in [0.25, 0.3) is 0 Å². The molecule has 0 amide bonds. The fourth-order valence-electron chi connectivity index (χ4n) is 1.93. The van der Waals surface area contributed by atoms with E-state index in [1.54, 1.807) is 18.2 Å². The van der Waals surface area contributed by atoms with Crippen LogP contribution in [0.3, 0.4) is 0 Å². The van der Waals surface area contributed by atoms with Crippen molar-refractivity contribution in [1.29, 1.82) is 0 Å². The first-order valence-electron chi connectivity index (χ1n) is 6.79. The zero-order valence-corrected chi connectivity index (χ0v) is 13.8. The van der Waals surface area contributed by atoms with Gasteiger partial charge in [-0.05, 0) is 45.3 Å².